The topological polar surface area (TPSA) is 56.7 Å². The highest BCUT2D eigenvalue weighted by atomic mass is 16.3. The van der Waals surface area contributed by atoms with Crippen LogP contribution < -0.4 is 0 Å². The highest BCUT2D eigenvalue weighted by Gasteiger charge is 2.48. The third-order valence-corrected chi connectivity index (χ3v) is 4.46. The predicted octanol–water partition coefficient (Wildman–Crippen LogP) is 2.09. The number of likely N-dealkylation sites (N-methyl/N-ethyl adjacent to an activating group) is 1. The highest BCUT2D eigenvalue weighted by Crippen LogP contribution is 2.41. The standard InChI is InChI=1S/C20H27N3O2/c1-22(2)15-13-20(19(25)23(3)4,16-10-6-5-7-11-16)18(24)17-12-8-9-14-21-17/h5-12,14,18,24H,13,15H2,1-4H3. The number of aliphatic hydroxyl groups excluding tert-OH is 1. The summed E-state index contributed by atoms with van der Waals surface area (Å²) in [5, 5.41) is 11.3. The van der Waals surface area contributed by atoms with Gasteiger partial charge in [0.15, 0.2) is 0 Å². The zero-order chi connectivity index (χ0) is 18.4. The van der Waals surface area contributed by atoms with E-state index in [2.05, 4.69) is 4.98 Å². The highest BCUT2D eigenvalue weighted by molar-refractivity contribution is 5.89. The quantitative estimate of drug-likeness (QED) is 0.838. The number of benzene rings is 1. The molecule has 5 heteroatoms. The molecule has 5 nitrogen and oxygen atoms in total. The maximum absolute atomic E-state index is 13.3. The van der Waals surface area contributed by atoms with Crippen LogP contribution in [0.1, 0.15) is 23.8 Å². The fourth-order valence-corrected chi connectivity index (χ4v) is 3.11. The van der Waals surface area contributed by atoms with Gasteiger partial charge in [-0.05, 0) is 44.8 Å². The maximum atomic E-state index is 13.3. The Labute approximate surface area is 149 Å². The van der Waals surface area contributed by atoms with Crippen LogP contribution >= 0.6 is 0 Å². The van der Waals surface area contributed by atoms with Crippen molar-refractivity contribution in [3.63, 3.8) is 0 Å². The van der Waals surface area contributed by atoms with Crippen molar-refractivity contribution < 1.29 is 9.90 Å². The molecule has 0 spiro atoms. The van der Waals surface area contributed by atoms with Gasteiger partial charge < -0.3 is 14.9 Å². The number of pyridine rings is 1. The van der Waals surface area contributed by atoms with Gasteiger partial charge in [-0.25, -0.2) is 0 Å². The molecule has 25 heavy (non-hydrogen) atoms. The van der Waals surface area contributed by atoms with Gasteiger partial charge in [-0.2, -0.15) is 0 Å². The molecular weight excluding hydrogens is 314 g/mol. The zero-order valence-electron chi connectivity index (χ0n) is 15.4. The first-order chi connectivity index (χ1) is 11.9. The molecule has 0 aliphatic heterocycles. The Morgan fingerprint density at radius 1 is 1.08 bits per heavy atom. The van der Waals surface area contributed by atoms with Gasteiger partial charge in [-0.3, -0.25) is 9.78 Å². The lowest BCUT2D eigenvalue weighted by Gasteiger charge is -2.39. The number of aromatic nitrogens is 1. The predicted molar refractivity (Wildman–Crippen MR) is 99.2 cm³/mol. The molecule has 1 heterocycles. The SMILES string of the molecule is CN(C)CCC(C(=O)N(C)C)(c1ccccc1)C(O)c1ccccn1. The summed E-state index contributed by atoms with van der Waals surface area (Å²) in [6.45, 7) is 0.665. The molecule has 0 aliphatic carbocycles. The molecule has 2 unspecified atom stereocenters. The first-order valence-corrected chi connectivity index (χ1v) is 8.40. The Kier molecular flexibility index (Phi) is 6.28. The fourth-order valence-electron chi connectivity index (χ4n) is 3.11. The van der Waals surface area contributed by atoms with Crippen molar-refractivity contribution in [2.24, 2.45) is 0 Å². The van der Waals surface area contributed by atoms with Crippen LogP contribution in [0, 0.1) is 0 Å². The molecule has 2 atom stereocenters. The van der Waals surface area contributed by atoms with Crippen LogP contribution in [-0.4, -0.2) is 60.5 Å². The number of hydrogen-bond acceptors (Lipinski definition) is 4. The fraction of sp³-hybridized carbons (Fsp3) is 0.400. The van der Waals surface area contributed by atoms with Crippen LogP contribution in [0.3, 0.4) is 0 Å². The number of aliphatic hydroxyl groups is 1. The van der Waals surface area contributed by atoms with Crippen molar-refractivity contribution in [3.8, 4) is 0 Å². The van der Waals surface area contributed by atoms with Gasteiger partial charge in [0.25, 0.3) is 0 Å². The molecule has 1 aromatic carbocycles. The first kappa shape index (κ1) is 19.1. The van der Waals surface area contributed by atoms with E-state index in [9.17, 15) is 9.90 Å². The summed E-state index contributed by atoms with van der Waals surface area (Å²) >= 11 is 0. The lowest BCUT2D eigenvalue weighted by molar-refractivity contribution is -0.140. The Morgan fingerprint density at radius 3 is 2.24 bits per heavy atom. The summed E-state index contributed by atoms with van der Waals surface area (Å²) in [5.41, 5.74) is 0.206. The van der Waals surface area contributed by atoms with E-state index < -0.39 is 11.5 Å². The third kappa shape index (κ3) is 4.06. The normalized spacial score (nSPS) is 14.8. The van der Waals surface area contributed by atoms with Gasteiger partial charge in [-0.1, -0.05) is 36.4 Å². The molecule has 2 rings (SSSR count). The van der Waals surface area contributed by atoms with Crippen molar-refractivity contribution in [1.29, 1.82) is 0 Å². The van der Waals surface area contributed by atoms with Crippen molar-refractivity contribution in [1.82, 2.24) is 14.8 Å². The van der Waals surface area contributed by atoms with Crippen LogP contribution in [0.25, 0.3) is 0 Å². The molecule has 0 saturated carbocycles. The number of carbonyl (C=O) groups excluding carboxylic acids is 1. The second kappa shape index (κ2) is 8.23. The summed E-state index contributed by atoms with van der Waals surface area (Å²) in [7, 11) is 7.37. The van der Waals surface area contributed by atoms with E-state index in [0.717, 1.165) is 5.56 Å². The van der Waals surface area contributed by atoms with Gasteiger partial charge >= 0.3 is 0 Å². The molecule has 1 amide bonds. The molecule has 0 bridgehead atoms. The molecule has 0 aliphatic rings. The number of rotatable bonds is 7. The van der Waals surface area contributed by atoms with Crippen LogP contribution in [0.5, 0.6) is 0 Å². The summed E-state index contributed by atoms with van der Waals surface area (Å²) in [6, 6.07) is 14.9. The second-order valence-corrected chi connectivity index (χ2v) is 6.75. The Balaban J connectivity index is 2.63. The number of amides is 1. The van der Waals surface area contributed by atoms with E-state index in [1.807, 2.05) is 55.4 Å². The van der Waals surface area contributed by atoms with Crippen molar-refractivity contribution >= 4 is 5.91 Å². The smallest absolute Gasteiger partial charge is 0.235 e. The minimum absolute atomic E-state index is 0.126. The third-order valence-electron chi connectivity index (χ3n) is 4.46. The minimum Gasteiger partial charge on any atom is -0.385 e. The Hall–Kier alpha value is -2.24. The maximum Gasteiger partial charge on any atom is 0.235 e. The van der Waals surface area contributed by atoms with Crippen LogP contribution in [-0.2, 0) is 10.2 Å². The largest absolute Gasteiger partial charge is 0.385 e. The minimum atomic E-state index is -1.09. The molecule has 134 valence electrons. The second-order valence-electron chi connectivity index (χ2n) is 6.75. The lowest BCUT2D eigenvalue weighted by atomic mass is 9.70. The van der Waals surface area contributed by atoms with E-state index in [1.54, 1.807) is 37.3 Å². The van der Waals surface area contributed by atoms with Crippen LogP contribution in [0.2, 0.25) is 0 Å². The zero-order valence-corrected chi connectivity index (χ0v) is 15.4. The van der Waals surface area contributed by atoms with E-state index in [4.69, 9.17) is 0 Å². The van der Waals surface area contributed by atoms with E-state index in [-0.39, 0.29) is 5.91 Å². The van der Waals surface area contributed by atoms with Gasteiger partial charge in [-0.15, -0.1) is 0 Å². The molecule has 0 fully saturated rings. The van der Waals surface area contributed by atoms with E-state index in [1.165, 1.54) is 0 Å². The molecule has 0 radical (unpaired) electrons. The van der Waals surface area contributed by atoms with E-state index >= 15 is 0 Å². The van der Waals surface area contributed by atoms with Crippen molar-refractivity contribution in [2.75, 3.05) is 34.7 Å². The lowest BCUT2D eigenvalue weighted by Crippen LogP contribution is -2.49. The number of carbonyl (C=O) groups is 1. The van der Waals surface area contributed by atoms with Gasteiger partial charge in [0.05, 0.1) is 5.69 Å². The van der Waals surface area contributed by atoms with Gasteiger partial charge in [0.2, 0.25) is 5.91 Å². The summed E-state index contributed by atoms with van der Waals surface area (Å²) in [6.07, 6.45) is 1.09. The average Bonchev–Trinajstić information content (AvgIpc) is 2.63. The first-order valence-electron chi connectivity index (χ1n) is 8.40. The molecule has 1 aromatic heterocycles. The van der Waals surface area contributed by atoms with Crippen LogP contribution in [0.4, 0.5) is 0 Å². The van der Waals surface area contributed by atoms with Gasteiger partial charge in [0.1, 0.15) is 11.5 Å². The van der Waals surface area contributed by atoms with E-state index in [0.29, 0.717) is 18.7 Å². The van der Waals surface area contributed by atoms with Crippen molar-refractivity contribution in [3.05, 3.63) is 66.0 Å². The molecule has 2 aromatic rings. The summed E-state index contributed by atoms with van der Waals surface area (Å²) in [4.78, 5) is 21.2. The number of hydrogen-bond donors (Lipinski definition) is 1. The monoisotopic (exact) mass is 341 g/mol. The summed E-state index contributed by atoms with van der Waals surface area (Å²) in [5.74, 6) is -0.126. The van der Waals surface area contributed by atoms with Crippen LogP contribution in [0.15, 0.2) is 54.7 Å². The molecule has 0 saturated heterocycles. The Bertz CT molecular complexity index is 674. The van der Waals surface area contributed by atoms with Gasteiger partial charge in [0, 0.05) is 20.3 Å². The molecule has 1 N–H and O–H groups in total. The number of nitrogens with zero attached hydrogens (tertiary/aromatic N) is 3. The van der Waals surface area contributed by atoms with Crippen molar-refractivity contribution in [2.45, 2.75) is 17.9 Å². The Morgan fingerprint density at radius 2 is 1.72 bits per heavy atom. The summed E-state index contributed by atoms with van der Waals surface area (Å²) < 4.78 is 0. The molecular formula is C20H27N3O2. The average molecular weight is 341 g/mol.